The summed E-state index contributed by atoms with van der Waals surface area (Å²) in [7, 11) is 4.41. The third-order valence-corrected chi connectivity index (χ3v) is 10.5. The third kappa shape index (κ3) is 33.6. The predicted octanol–water partition coefficient (Wildman–Crippen LogP) is 14.3. The average molecular weight is 635 g/mol. The Balaban J connectivity index is 5.18. The molecule has 0 aliphatic heterocycles. The Kier molecular flexibility index (Phi) is 36.7. The van der Waals surface area contributed by atoms with Crippen molar-refractivity contribution in [1.29, 1.82) is 0 Å². The number of hydrogen-bond donors (Lipinski definition) is 0. The molecule has 0 saturated carbocycles. The quantitative estimate of drug-likeness (QED) is 0.0623. The summed E-state index contributed by atoms with van der Waals surface area (Å²) in [6.45, 7) is 14.8. The Hall–Kier alpha value is -0.0800. The van der Waals surface area contributed by atoms with Gasteiger partial charge in [0.25, 0.3) is 0 Å². The van der Waals surface area contributed by atoms with E-state index in [0.29, 0.717) is 0 Å². The minimum atomic E-state index is 0.930. The van der Waals surface area contributed by atoms with E-state index in [2.05, 4.69) is 51.6 Å². The summed E-state index contributed by atoms with van der Waals surface area (Å²) in [5.74, 6) is 1.86. The van der Waals surface area contributed by atoms with Crippen molar-refractivity contribution in [2.75, 3.05) is 40.3 Å². The summed E-state index contributed by atoms with van der Waals surface area (Å²) in [6.07, 6.45) is 44.7. The molecule has 0 spiro atoms. The van der Waals surface area contributed by atoms with Gasteiger partial charge in [-0.05, 0) is 77.5 Å². The maximum atomic E-state index is 3.03. The Labute approximate surface area is 288 Å². The van der Waals surface area contributed by atoms with E-state index in [1.54, 1.807) is 0 Å². The molecule has 2 unspecified atom stereocenters. The topological polar surface area (TPSA) is 6.48 Å². The first-order valence-corrected chi connectivity index (χ1v) is 21.4. The zero-order valence-electron chi connectivity index (χ0n) is 32.8. The minimum Gasteiger partial charge on any atom is -0.309 e. The number of unbranched alkanes of at least 4 members (excludes halogenated alkanes) is 22. The number of hydrogen-bond acceptors (Lipinski definition) is 2. The molecule has 0 aliphatic carbocycles. The van der Waals surface area contributed by atoms with Crippen LogP contribution in [0.5, 0.6) is 0 Å². The molecule has 2 heteroatoms. The van der Waals surface area contributed by atoms with Gasteiger partial charge in [0.1, 0.15) is 0 Å². The fourth-order valence-corrected chi connectivity index (χ4v) is 7.43. The molecule has 0 aromatic heterocycles. The van der Waals surface area contributed by atoms with Gasteiger partial charge in [0.2, 0.25) is 0 Å². The van der Waals surface area contributed by atoms with Gasteiger partial charge in [-0.15, -0.1) is 0 Å². The van der Waals surface area contributed by atoms with Gasteiger partial charge in [-0.25, -0.2) is 0 Å². The summed E-state index contributed by atoms with van der Waals surface area (Å²) < 4.78 is 0. The van der Waals surface area contributed by atoms with Crippen LogP contribution in [0.25, 0.3) is 0 Å². The van der Waals surface area contributed by atoms with E-state index in [-0.39, 0.29) is 0 Å². The van der Waals surface area contributed by atoms with E-state index in [1.165, 1.54) is 225 Å². The van der Waals surface area contributed by atoms with Crippen molar-refractivity contribution in [2.45, 2.75) is 227 Å². The molecule has 0 amide bonds. The molecule has 0 heterocycles. The van der Waals surface area contributed by atoms with Crippen LogP contribution in [0.15, 0.2) is 0 Å². The van der Waals surface area contributed by atoms with Crippen LogP contribution >= 0.6 is 0 Å². The summed E-state index contributed by atoms with van der Waals surface area (Å²) >= 11 is 0. The molecule has 0 fully saturated rings. The van der Waals surface area contributed by atoms with Crippen LogP contribution in [-0.4, -0.2) is 50.1 Å². The fourth-order valence-electron chi connectivity index (χ4n) is 7.43. The molecule has 0 rings (SSSR count). The zero-order chi connectivity index (χ0) is 33.1. The van der Waals surface area contributed by atoms with Crippen LogP contribution in [0.3, 0.4) is 0 Å². The molecule has 0 aliphatic rings. The van der Waals surface area contributed by atoms with E-state index in [0.717, 1.165) is 11.8 Å². The van der Waals surface area contributed by atoms with Crippen molar-refractivity contribution in [3.63, 3.8) is 0 Å². The van der Waals surface area contributed by atoms with Crippen LogP contribution in [0.1, 0.15) is 227 Å². The van der Waals surface area contributed by atoms with E-state index < -0.39 is 0 Å². The summed E-state index contributed by atoms with van der Waals surface area (Å²) in [5.41, 5.74) is 0. The smallest absolute Gasteiger partial charge is 0.000977 e. The molecule has 0 N–H and O–H groups in total. The van der Waals surface area contributed by atoms with E-state index in [1.807, 2.05) is 0 Å². The Morgan fingerprint density at radius 2 is 0.578 bits per heavy atom. The molecule has 0 aromatic rings. The standard InChI is InChI=1S/C43H90N2/c1-7-11-15-19-24-30-36-42(34-28-17-13-9-3)40-45(39-33-27-23-21-22-26-32-38-44(5)6)41-43(35-29-18-14-10-4)37-31-25-20-16-12-8-2/h42-43H,7-41H2,1-6H3. The molecule has 0 bridgehead atoms. The highest BCUT2D eigenvalue weighted by molar-refractivity contribution is 4.73. The normalized spacial score (nSPS) is 13.3. The van der Waals surface area contributed by atoms with E-state index >= 15 is 0 Å². The second-order valence-corrected chi connectivity index (χ2v) is 15.6. The SMILES string of the molecule is CCCCCCCCC(CCCCCC)CN(CCCCCCCCCN(C)C)CC(CCCCCC)CCCCCCCC. The van der Waals surface area contributed by atoms with Crippen LogP contribution in [-0.2, 0) is 0 Å². The summed E-state index contributed by atoms with van der Waals surface area (Å²) in [6, 6.07) is 0. The second kappa shape index (κ2) is 36.8. The first kappa shape index (κ1) is 44.9. The lowest BCUT2D eigenvalue weighted by atomic mass is 9.91. The van der Waals surface area contributed by atoms with Crippen LogP contribution in [0.2, 0.25) is 0 Å². The lowest BCUT2D eigenvalue weighted by Gasteiger charge is -2.31. The van der Waals surface area contributed by atoms with Gasteiger partial charge in [-0.2, -0.15) is 0 Å². The Morgan fingerprint density at radius 3 is 0.911 bits per heavy atom. The molecule has 45 heavy (non-hydrogen) atoms. The molecule has 2 nitrogen and oxygen atoms in total. The minimum absolute atomic E-state index is 0.930. The summed E-state index contributed by atoms with van der Waals surface area (Å²) in [4.78, 5) is 5.36. The monoisotopic (exact) mass is 635 g/mol. The van der Waals surface area contributed by atoms with E-state index in [4.69, 9.17) is 0 Å². The van der Waals surface area contributed by atoms with Crippen LogP contribution < -0.4 is 0 Å². The molecular weight excluding hydrogens is 544 g/mol. The van der Waals surface area contributed by atoms with Gasteiger partial charge in [-0.1, -0.05) is 188 Å². The average Bonchev–Trinajstić information content (AvgIpc) is 3.03. The maximum Gasteiger partial charge on any atom is 0.000977 e. The first-order chi connectivity index (χ1) is 22.1. The van der Waals surface area contributed by atoms with Gasteiger partial charge in [-0.3, -0.25) is 0 Å². The highest BCUT2D eigenvalue weighted by Crippen LogP contribution is 2.25. The van der Waals surface area contributed by atoms with Crippen molar-refractivity contribution in [1.82, 2.24) is 9.80 Å². The maximum absolute atomic E-state index is 3.03. The third-order valence-electron chi connectivity index (χ3n) is 10.5. The van der Waals surface area contributed by atoms with Gasteiger partial charge in [0.05, 0.1) is 0 Å². The molecule has 272 valence electrons. The fraction of sp³-hybridized carbons (Fsp3) is 1.00. The van der Waals surface area contributed by atoms with Crippen molar-refractivity contribution in [3.8, 4) is 0 Å². The molecular formula is C43H90N2. The van der Waals surface area contributed by atoms with Crippen molar-refractivity contribution >= 4 is 0 Å². The van der Waals surface area contributed by atoms with Crippen molar-refractivity contribution in [2.24, 2.45) is 11.8 Å². The molecule has 0 saturated heterocycles. The second-order valence-electron chi connectivity index (χ2n) is 15.6. The van der Waals surface area contributed by atoms with Crippen LogP contribution in [0, 0.1) is 11.8 Å². The van der Waals surface area contributed by atoms with Crippen molar-refractivity contribution < 1.29 is 0 Å². The highest BCUT2D eigenvalue weighted by atomic mass is 15.1. The number of rotatable bonds is 38. The van der Waals surface area contributed by atoms with E-state index in [9.17, 15) is 0 Å². The van der Waals surface area contributed by atoms with Gasteiger partial charge in [0, 0.05) is 13.1 Å². The summed E-state index contributed by atoms with van der Waals surface area (Å²) in [5, 5.41) is 0. The molecule has 2 atom stereocenters. The molecule has 0 radical (unpaired) electrons. The lowest BCUT2D eigenvalue weighted by Crippen LogP contribution is -2.35. The van der Waals surface area contributed by atoms with Crippen LogP contribution in [0.4, 0.5) is 0 Å². The number of nitrogens with zero attached hydrogens (tertiary/aromatic N) is 2. The van der Waals surface area contributed by atoms with Crippen molar-refractivity contribution in [3.05, 3.63) is 0 Å². The highest BCUT2D eigenvalue weighted by Gasteiger charge is 2.19. The predicted molar refractivity (Wildman–Crippen MR) is 208 cm³/mol. The lowest BCUT2D eigenvalue weighted by molar-refractivity contribution is 0.170. The Morgan fingerprint density at radius 1 is 0.311 bits per heavy atom. The zero-order valence-corrected chi connectivity index (χ0v) is 32.8. The largest absolute Gasteiger partial charge is 0.309 e. The van der Waals surface area contributed by atoms with Gasteiger partial charge >= 0.3 is 0 Å². The van der Waals surface area contributed by atoms with Gasteiger partial charge < -0.3 is 9.80 Å². The first-order valence-electron chi connectivity index (χ1n) is 21.4. The van der Waals surface area contributed by atoms with Gasteiger partial charge in [0.15, 0.2) is 0 Å². The Bertz CT molecular complexity index is 498. The molecule has 0 aromatic carbocycles.